The van der Waals surface area contributed by atoms with E-state index in [0.29, 0.717) is 17.9 Å². The summed E-state index contributed by atoms with van der Waals surface area (Å²) in [6.07, 6.45) is 8.31. The first-order chi connectivity index (χ1) is 9.36. The Morgan fingerprint density at radius 1 is 1.55 bits per heavy atom. The lowest BCUT2D eigenvalue weighted by molar-refractivity contribution is -0.777. The average molecular weight is 280 g/mol. The summed E-state index contributed by atoms with van der Waals surface area (Å²) in [6.45, 7) is 4.78. The van der Waals surface area contributed by atoms with E-state index >= 15 is 0 Å². The zero-order chi connectivity index (χ0) is 14.6. The number of nitrogens with two attached hydrogens (primary N) is 1. The first-order valence-corrected chi connectivity index (χ1v) is 7.61. The standard InChI is InChI=1S/C15H24N2O3/c1-3-15-7-11-6-13(2,20-17(18)19)9-14(10-15,4-5-16)8-12(11)15/h6,12H,3-5,7-10,16H2,1-2H3. The van der Waals surface area contributed by atoms with Gasteiger partial charge in [-0.1, -0.05) is 18.6 Å². The Morgan fingerprint density at radius 2 is 2.30 bits per heavy atom. The van der Waals surface area contributed by atoms with Crippen molar-refractivity contribution >= 4 is 0 Å². The smallest absolute Gasteiger partial charge is 0.295 e. The molecule has 4 unspecified atom stereocenters. The SMILES string of the molecule is CCC12CC3=CC(C)(O[N+](=O)[O-])CC(CCN)(CC31)C2. The van der Waals surface area contributed by atoms with Crippen LogP contribution in [0, 0.1) is 26.9 Å². The molecule has 0 spiro atoms. The van der Waals surface area contributed by atoms with E-state index in [1.807, 2.05) is 13.0 Å². The summed E-state index contributed by atoms with van der Waals surface area (Å²) in [5, 5.41) is 10.2. The minimum atomic E-state index is -0.775. The van der Waals surface area contributed by atoms with Crippen LogP contribution in [0.2, 0.25) is 0 Å². The lowest BCUT2D eigenvalue weighted by Gasteiger charge is -2.50. The third-order valence-corrected chi connectivity index (χ3v) is 5.99. The van der Waals surface area contributed by atoms with Gasteiger partial charge in [0.15, 0.2) is 0 Å². The fraction of sp³-hybridized carbons (Fsp3) is 0.867. The Labute approximate surface area is 119 Å². The third kappa shape index (κ3) is 1.86. The molecule has 20 heavy (non-hydrogen) atoms. The monoisotopic (exact) mass is 280 g/mol. The lowest BCUT2D eigenvalue weighted by Crippen LogP contribution is -2.43. The van der Waals surface area contributed by atoms with Gasteiger partial charge in [0.25, 0.3) is 5.09 Å². The Morgan fingerprint density at radius 3 is 2.90 bits per heavy atom. The first kappa shape index (κ1) is 13.9. The molecule has 2 saturated carbocycles. The molecule has 3 aliphatic rings. The highest BCUT2D eigenvalue weighted by atomic mass is 17.0. The second-order valence-corrected chi connectivity index (χ2v) is 7.39. The fourth-order valence-electron chi connectivity index (χ4n) is 5.48. The molecule has 0 amide bonds. The summed E-state index contributed by atoms with van der Waals surface area (Å²) in [4.78, 5) is 15.9. The van der Waals surface area contributed by atoms with E-state index in [9.17, 15) is 10.1 Å². The molecule has 0 aromatic heterocycles. The molecular formula is C15H24N2O3. The van der Waals surface area contributed by atoms with Crippen LogP contribution in [0.1, 0.15) is 52.4 Å². The normalized spacial score (nSPS) is 45.4. The lowest BCUT2D eigenvalue weighted by atomic mass is 9.56. The number of fused-ring (bicyclic) bond motifs is 1. The van der Waals surface area contributed by atoms with Crippen molar-refractivity contribution in [2.75, 3.05) is 6.54 Å². The summed E-state index contributed by atoms with van der Waals surface area (Å²) >= 11 is 0. The van der Waals surface area contributed by atoms with Gasteiger partial charge in [0.2, 0.25) is 0 Å². The van der Waals surface area contributed by atoms with Crippen molar-refractivity contribution in [2.24, 2.45) is 22.5 Å². The van der Waals surface area contributed by atoms with Gasteiger partial charge < -0.3 is 10.6 Å². The summed E-state index contributed by atoms with van der Waals surface area (Å²) < 4.78 is 0. The molecule has 2 N–H and O–H groups in total. The van der Waals surface area contributed by atoms with Gasteiger partial charge in [0.1, 0.15) is 5.60 Å². The molecule has 0 aromatic carbocycles. The molecule has 0 aliphatic heterocycles. The molecule has 0 saturated heterocycles. The van der Waals surface area contributed by atoms with Gasteiger partial charge in [-0.15, -0.1) is 10.1 Å². The molecular weight excluding hydrogens is 256 g/mol. The van der Waals surface area contributed by atoms with Crippen LogP contribution in [-0.4, -0.2) is 17.2 Å². The molecule has 2 bridgehead atoms. The van der Waals surface area contributed by atoms with Crippen molar-refractivity contribution in [1.82, 2.24) is 0 Å². The van der Waals surface area contributed by atoms with Gasteiger partial charge in [-0.25, -0.2) is 0 Å². The fourth-order valence-corrected chi connectivity index (χ4v) is 5.48. The molecule has 2 fully saturated rings. The molecule has 5 nitrogen and oxygen atoms in total. The molecule has 3 rings (SSSR count). The van der Waals surface area contributed by atoms with E-state index in [0.717, 1.165) is 32.1 Å². The van der Waals surface area contributed by atoms with Crippen molar-refractivity contribution in [3.05, 3.63) is 21.8 Å². The van der Waals surface area contributed by atoms with E-state index in [1.54, 1.807) is 0 Å². The zero-order valence-corrected chi connectivity index (χ0v) is 12.4. The first-order valence-electron chi connectivity index (χ1n) is 7.61. The minimum absolute atomic E-state index is 0.120. The topological polar surface area (TPSA) is 78.4 Å². The number of nitrogens with zero attached hydrogens (tertiary/aromatic N) is 1. The molecule has 4 atom stereocenters. The highest BCUT2D eigenvalue weighted by Crippen LogP contribution is 2.71. The molecule has 0 radical (unpaired) electrons. The van der Waals surface area contributed by atoms with Crippen molar-refractivity contribution < 1.29 is 9.92 Å². The highest BCUT2D eigenvalue weighted by Gasteiger charge is 2.63. The molecule has 0 heterocycles. The van der Waals surface area contributed by atoms with E-state index in [4.69, 9.17) is 10.6 Å². The predicted molar refractivity (Wildman–Crippen MR) is 75.4 cm³/mol. The quantitative estimate of drug-likeness (QED) is 0.477. The average Bonchev–Trinajstić information content (AvgIpc) is 2.49. The summed E-state index contributed by atoms with van der Waals surface area (Å²) in [7, 11) is 0. The number of hydrogen-bond donors (Lipinski definition) is 1. The van der Waals surface area contributed by atoms with Crippen molar-refractivity contribution in [3.8, 4) is 0 Å². The maximum absolute atomic E-state index is 10.8. The van der Waals surface area contributed by atoms with E-state index in [1.165, 1.54) is 12.0 Å². The molecule has 112 valence electrons. The largest absolute Gasteiger partial charge is 0.330 e. The predicted octanol–water partition coefficient (Wildman–Crippen LogP) is 2.83. The van der Waals surface area contributed by atoms with E-state index < -0.39 is 10.7 Å². The Bertz CT molecular complexity index is 478. The second kappa shape index (κ2) is 4.20. The van der Waals surface area contributed by atoms with Crippen LogP contribution in [0.3, 0.4) is 0 Å². The van der Waals surface area contributed by atoms with Gasteiger partial charge in [-0.3, -0.25) is 0 Å². The van der Waals surface area contributed by atoms with Gasteiger partial charge >= 0.3 is 0 Å². The number of rotatable bonds is 5. The third-order valence-electron chi connectivity index (χ3n) is 5.99. The zero-order valence-electron chi connectivity index (χ0n) is 12.4. The van der Waals surface area contributed by atoms with E-state index in [-0.39, 0.29) is 5.41 Å². The van der Waals surface area contributed by atoms with Gasteiger partial charge in [-0.05, 0) is 68.7 Å². The Kier molecular flexibility index (Phi) is 2.91. The van der Waals surface area contributed by atoms with Crippen molar-refractivity contribution in [1.29, 1.82) is 0 Å². The highest BCUT2D eigenvalue weighted by molar-refractivity contribution is 5.34. The number of hydrogen-bond acceptors (Lipinski definition) is 4. The number of allylic oxidation sites excluding steroid dienone is 1. The molecule has 5 heteroatoms. The van der Waals surface area contributed by atoms with Gasteiger partial charge in [-0.2, -0.15) is 0 Å². The van der Waals surface area contributed by atoms with Gasteiger partial charge in [0, 0.05) is 0 Å². The Balaban J connectivity index is 1.97. The Hall–Kier alpha value is -1.10. The van der Waals surface area contributed by atoms with Crippen LogP contribution in [0.5, 0.6) is 0 Å². The van der Waals surface area contributed by atoms with Crippen LogP contribution in [-0.2, 0) is 4.84 Å². The van der Waals surface area contributed by atoms with Crippen LogP contribution < -0.4 is 5.73 Å². The van der Waals surface area contributed by atoms with Crippen LogP contribution >= 0.6 is 0 Å². The minimum Gasteiger partial charge on any atom is -0.330 e. The summed E-state index contributed by atoms with van der Waals surface area (Å²) in [6, 6.07) is 0. The van der Waals surface area contributed by atoms with Crippen LogP contribution in [0.4, 0.5) is 0 Å². The van der Waals surface area contributed by atoms with Crippen molar-refractivity contribution in [2.45, 2.75) is 58.0 Å². The van der Waals surface area contributed by atoms with Gasteiger partial charge in [0.05, 0.1) is 0 Å². The maximum Gasteiger partial charge on any atom is 0.295 e. The van der Waals surface area contributed by atoms with Crippen molar-refractivity contribution in [3.63, 3.8) is 0 Å². The summed E-state index contributed by atoms with van der Waals surface area (Å²) in [5.74, 6) is 0.608. The van der Waals surface area contributed by atoms with E-state index in [2.05, 4.69) is 6.92 Å². The van der Waals surface area contributed by atoms with Crippen LogP contribution in [0.25, 0.3) is 0 Å². The maximum atomic E-state index is 10.8. The second-order valence-electron chi connectivity index (χ2n) is 7.39. The molecule has 0 aromatic rings. The summed E-state index contributed by atoms with van der Waals surface area (Å²) in [5.41, 5.74) is 7.00. The van der Waals surface area contributed by atoms with Crippen LogP contribution in [0.15, 0.2) is 11.6 Å². The molecule has 3 aliphatic carbocycles.